The summed E-state index contributed by atoms with van der Waals surface area (Å²) in [5, 5.41) is 8.90. The van der Waals surface area contributed by atoms with E-state index in [1.165, 1.54) is 5.56 Å². The quantitative estimate of drug-likeness (QED) is 0.830. The van der Waals surface area contributed by atoms with Crippen LogP contribution >= 0.6 is 27.7 Å². The van der Waals surface area contributed by atoms with Gasteiger partial charge in [-0.05, 0) is 47.5 Å². The summed E-state index contributed by atoms with van der Waals surface area (Å²) in [6, 6.07) is 6.28. The van der Waals surface area contributed by atoms with Crippen LogP contribution in [0.1, 0.15) is 25.5 Å². The Kier molecular flexibility index (Phi) is 4.93. The van der Waals surface area contributed by atoms with Crippen molar-refractivity contribution in [2.45, 2.75) is 30.8 Å². The molecule has 0 aliphatic heterocycles. The molecule has 0 saturated carbocycles. The number of halogens is 1. The molecule has 1 heterocycles. The predicted molar refractivity (Wildman–Crippen MR) is 85.1 cm³/mol. The number of hydrogen-bond acceptors (Lipinski definition) is 5. The molecule has 0 radical (unpaired) electrons. The van der Waals surface area contributed by atoms with Gasteiger partial charge in [0.1, 0.15) is 5.75 Å². The summed E-state index contributed by atoms with van der Waals surface area (Å²) in [4.78, 5) is 0. The summed E-state index contributed by atoms with van der Waals surface area (Å²) in [6.45, 7) is 4.13. The number of nitrogens with two attached hydrogens (primary N) is 1. The van der Waals surface area contributed by atoms with Gasteiger partial charge < -0.3 is 10.5 Å². The van der Waals surface area contributed by atoms with E-state index in [2.05, 4.69) is 40.0 Å². The molecule has 0 bridgehead atoms. The Balaban J connectivity index is 2.11. The Hall–Kier alpha value is -1.21. The van der Waals surface area contributed by atoms with E-state index in [0.717, 1.165) is 21.1 Å². The summed E-state index contributed by atoms with van der Waals surface area (Å²) in [5.41, 5.74) is 7.01. The molecule has 7 heteroatoms. The van der Waals surface area contributed by atoms with Crippen molar-refractivity contribution in [1.29, 1.82) is 0 Å². The monoisotopic (exact) mass is 356 g/mol. The van der Waals surface area contributed by atoms with Crippen molar-refractivity contribution in [3.8, 4) is 5.75 Å². The van der Waals surface area contributed by atoms with Crippen molar-refractivity contribution < 1.29 is 4.74 Å². The average molecular weight is 357 g/mol. The van der Waals surface area contributed by atoms with E-state index in [1.807, 2.05) is 22.8 Å². The largest absolute Gasteiger partial charge is 0.496 e. The van der Waals surface area contributed by atoms with Crippen molar-refractivity contribution >= 4 is 33.6 Å². The minimum atomic E-state index is 0.245. The highest BCUT2D eigenvalue weighted by Gasteiger charge is 2.13. The third-order valence-electron chi connectivity index (χ3n) is 2.79. The highest BCUT2D eigenvalue weighted by molar-refractivity contribution is 9.10. The number of thioether (sulfide) groups is 1. The van der Waals surface area contributed by atoms with Gasteiger partial charge in [0.25, 0.3) is 0 Å². The number of benzene rings is 1. The Morgan fingerprint density at radius 2 is 2.15 bits per heavy atom. The van der Waals surface area contributed by atoms with Crippen LogP contribution in [-0.2, 0) is 5.75 Å². The summed E-state index contributed by atoms with van der Waals surface area (Å²) in [5.74, 6) is 2.08. The fourth-order valence-electron chi connectivity index (χ4n) is 1.82. The lowest BCUT2D eigenvalue weighted by Crippen LogP contribution is -2.07. The van der Waals surface area contributed by atoms with E-state index in [0.29, 0.717) is 5.95 Å². The van der Waals surface area contributed by atoms with Crippen LogP contribution in [-0.4, -0.2) is 21.9 Å². The van der Waals surface area contributed by atoms with E-state index in [4.69, 9.17) is 10.5 Å². The molecule has 0 unspecified atom stereocenters. The van der Waals surface area contributed by atoms with Gasteiger partial charge in [0, 0.05) is 11.8 Å². The van der Waals surface area contributed by atoms with Gasteiger partial charge in [0.15, 0.2) is 5.16 Å². The summed E-state index contributed by atoms with van der Waals surface area (Å²) in [6.07, 6.45) is 0. The number of nitrogen functional groups attached to an aromatic ring is 1. The predicted octanol–water partition coefficient (Wildman–Crippen LogP) is 3.50. The maximum absolute atomic E-state index is 5.83. The van der Waals surface area contributed by atoms with Crippen molar-refractivity contribution in [3.63, 3.8) is 0 Å². The van der Waals surface area contributed by atoms with Crippen LogP contribution in [0.4, 0.5) is 5.95 Å². The molecule has 20 heavy (non-hydrogen) atoms. The van der Waals surface area contributed by atoms with Gasteiger partial charge in [-0.3, -0.25) is 4.57 Å². The molecule has 1 aromatic carbocycles. The molecule has 2 rings (SSSR count). The molecular formula is C13H17BrN4OS. The maximum Gasteiger partial charge on any atom is 0.222 e. The maximum atomic E-state index is 5.83. The summed E-state index contributed by atoms with van der Waals surface area (Å²) >= 11 is 5.11. The van der Waals surface area contributed by atoms with Gasteiger partial charge in [-0.15, -0.1) is 10.2 Å². The first-order chi connectivity index (χ1) is 9.52. The lowest BCUT2D eigenvalue weighted by Gasteiger charge is -2.11. The zero-order valence-corrected chi connectivity index (χ0v) is 14.0. The highest BCUT2D eigenvalue weighted by atomic mass is 79.9. The standard InChI is InChI=1S/C13H17BrN4OS/c1-8(2)18-12(15)16-17-13(18)20-7-9-4-5-11(19-3)10(14)6-9/h4-6,8H,7H2,1-3H3,(H2,15,16). The van der Waals surface area contributed by atoms with Gasteiger partial charge in [0.05, 0.1) is 11.6 Å². The summed E-state index contributed by atoms with van der Waals surface area (Å²) < 4.78 is 8.10. The number of hydrogen-bond donors (Lipinski definition) is 1. The molecule has 5 nitrogen and oxygen atoms in total. The Morgan fingerprint density at radius 1 is 1.40 bits per heavy atom. The van der Waals surface area contributed by atoms with Crippen molar-refractivity contribution in [1.82, 2.24) is 14.8 Å². The van der Waals surface area contributed by atoms with E-state index >= 15 is 0 Å². The van der Waals surface area contributed by atoms with Crippen LogP contribution in [0.2, 0.25) is 0 Å². The van der Waals surface area contributed by atoms with E-state index in [1.54, 1.807) is 18.9 Å². The second kappa shape index (κ2) is 6.49. The van der Waals surface area contributed by atoms with E-state index in [9.17, 15) is 0 Å². The third kappa shape index (κ3) is 3.27. The van der Waals surface area contributed by atoms with Gasteiger partial charge in [-0.2, -0.15) is 0 Å². The van der Waals surface area contributed by atoms with Crippen LogP contribution in [0, 0.1) is 0 Å². The number of rotatable bonds is 5. The minimum Gasteiger partial charge on any atom is -0.496 e. The average Bonchev–Trinajstić information content (AvgIpc) is 2.78. The highest BCUT2D eigenvalue weighted by Crippen LogP contribution is 2.30. The van der Waals surface area contributed by atoms with Crippen LogP contribution in [0.15, 0.2) is 27.8 Å². The molecular weight excluding hydrogens is 340 g/mol. The second-order valence-electron chi connectivity index (χ2n) is 4.56. The lowest BCUT2D eigenvalue weighted by atomic mass is 10.2. The SMILES string of the molecule is COc1ccc(CSc2nnc(N)n2C(C)C)cc1Br. The Bertz CT molecular complexity index is 600. The van der Waals surface area contributed by atoms with Gasteiger partial charge in [-0.25, -0.2) is 0 Å². The first kappa shape index (κ1) is 15.2. The molecule has 0 spiro atoms. The molecule has 2 aromatic rings. The van der Waals surface area contributed by atoms with Crippen LogP contribution < -0.4 is 10.5 Å². The zero-order valence-electron chi connectivity index (χ0n) is 11.6. The lowest BCUT2D eigenvalue weighted by molar-refractivity contribution is 0.412. The number of methoxy groups -OCH3 is 1. The normalized spacial score (nSPS) is 11.1. The van der Waals surface area contributed by atoms with Gasteiger partial charge in [0.2, 0.25) is 5.95 Å². The molecule has 0 aliphatic carbocycles. The zero-order chi connectivity index (χ0) is 14.7. The van der Waals surface area contributed by atoms with Crippen molar-refractivity contribution in [2.24, 2.45) is 0 Å². The molecule has 2 N–H and O–H groups in total. The fourth-order valence-corrected chi connectivity index (χ4v) is 3.43. The molecule has 108 valence electrons. The van der Waals surface area contributed by atoms with Crippen LogP contribution in [0.25, 0.3) is 0 Å². The molecule has 0 atom stereocenters. The van der Waals surface area contributed by atoms with Gasteiger partial charge in [-0.1, -0.05) is 17.8 Å². The molecule has 0 saturated heterocycles. The number of aromatic nitrogens is 3. The number of nitrogens with zero attached hydrogens (tertiary/aromatic N) is 3. The molecule has 0 fully saturated rings. The molecule has 1 aromatic heterocycles. The van der Waals surface area contributed by atoms with Crippen LogP contribution in [0.3, 0.4) is 0 Å². The van der Waals surface area contributed by atoms with Crippen molar-refractivity contribution in [3.05, 3.63) is 28.2 Å². The van der Waals surface area contributed by atoms with E-state index < -0.39 is 0 Å². The minimum absolute atomic E-state index is 0.245. The Labute approximate surface area is 131 Å². The second-order valence-corrected chi connectivity index (χ2v) is 6.36. The number of anilines is 1. The van der Waals surface area contributed by atoms with E-state index in [-0.39, 0.29) is 6.04 Å². The first-order valence-corrected chi connectivity index (χ1v) is 7.96. The van der Waals surface area contributed by atoms with Crippen molar-refractivity contribution in [2.75, 3.05) is 12.8 Å². The van der Waals surface area contributed by atoms with Gasteiger partial charge >= 0.3 is 0 Å². The molecule has 0 aliphatic rings. The number of ether oxygens (including phenoxy) is 1. The fraction of sp³-hybridized carbons (Fsp3) is 0.385. The molecule has 0 amide bonds. The summed E-state index contributed by atoms with van der Waals surface area (Å²) in [7, 11) is 1.66. The first-order valence-electron chi connectivity index (χ1n) is 6.18. The smallest absolute Gasteiger partial charge is 0.222 e. The van der Waals surface area contributed by atoms with Crippen LogP contribution in [0.5, 0.6) is 5.75 Å². The topological polar surface area (TPSA) is 66.0 Å². The Morgan fingerprint density at radius 3 is 2.75 bits per heavy atom. The third-order valence-corrected chi connectivity index (χ3v) is 4.43.